The summed E-state index contributed by atoms with van der Waals surface area (Å²) in [6, 6.07) is 0. The Bertz CT molecular complexity index is 321. The number of amides is 1. The van der Waals surface area contributed by atoms with Crippen LogP contribution in [0, 0.1) is 5.92 Å². The third-order valence-corrected chi connectivity index (χ3v) is 4.40. The van der Waals surface area contributed by atoms with Crippen molar-refractivity contribution in [1.29, 1.82) is 0 Å². The van der Waals surface area contributed by atoms with E-state index in [-0.39, 0.29) is 6.09 Å². The number of piperidine rings is 1. The summed E-state index contributed by atoms with van der Waals surface area (Å²) >= 11 is 0. The zero-order valence-corrected chi connectivity index (χ0v) is 12.4. The molecular weight excluding hydrogens is 242 g/mol. The standard InChI is InChI=1S/C15H27NO3/c1-14(2,3)19-13(17)16-10-8-15(18,9-11-16)12-6-4-5-7-12/h12,18H,4-11H2,1-3H3. The smallest absolute Gasteiger partial charge is 0.410 e. The molecule has 0 bridgehead atoms. The highest BCUT2D eigenvalue weighted by Crippen LogP contribution is 2.40. The van der Waals surface area contributed by atoms with Crippen molar-refractivity contribution in [3.63, 3.8) is 0 Å². The Morgan fingerprint density at radius 3 is 2.21 bits per heavy atom. The van der Waals surface area contributed by atoms with Crippen molar-refractivity contribution >= 4 is 6.09 Å². The maximum atomic E-state index is 12.0. The molecule has 0 aromatic carbocycles. The monoisotopic (exact) mass is 269 g/mol. The molecule has 2 aliphatic rings. The predicted octanol–water partition coefficient (Wildman–Crippen LogP) is 2.94. The van der Waals surface area contributed by atoms with Crippen molar-refractivity contribution in [3.05, 3.63) is 0 Å². The lowest BCUT2D eigenvalue weighted by Gasteiger charge is -2.42. The molecular formula is C15H27NO3. The maximum Gasteiger partial charge on any atom is 0.410 e. The van der Waals surface area contributed by atoms with Gasteiger partial charge in [0.1, 0.15) is 5.60 Å². The van der Waals surface area contributed by atoms with Crippen molar-refractivity contribution in [1.82, 2.24) is 4.90 Å². The normalized spacial score (nSPS) is 24.5. The van der Waals surface area contributed by atoms with E-state index in [4.69, 9.17) is 4.74 Å². The number of hydrogen-bond acceptors (Lipinski definition) is 3. The van der Waals surface area contributed by atoms with Crippen molar-refractivity contribution in [2.75, 3.05) is 13.1 Å². The van der Waals surface area contributed by atoms with E-state index in [2.05, 4.69) is 0 Å². The van der Waals surface area contributed by atoms with Crippen LogP contribution in [0.25, 0.3) is 0 Å². The predicted molar refractivity (Wildman–Crippen MR) is 73.9 cm³/mol. The SMILES string of the molecule is CC(C)(C)OC(=O)N1CCC(O)(C2CCCC2)CC1. The molecule has 0 radical (unpaired) electrons. The molecule has 2 fully saturated rings. The quantitative estimate of drug-likeness (QED) is 0.796. The van der Waals surface area contributed by atoms with Gasteiger partial charge in [-0.3, -0.25) is 0 Å². The minimum atomic E-state index is -0.547. The maximum absolute atomic E-state index is 12.0. The van der Waals surface area contributed by atoms with Crippen LogP contribution in [0.4, 0.5) is 4.79 Å². The summed E-state index contributed by atoms with van der Waals surface area (Å²) in [6.45, 7) is 6.86. The number of likely N-dealkylation sites (tertiary alicyclic amines) is 1. The minimum absolute atomic E-state index is 0.249. The molecule has 19 heavy (non-hydrogen) atoms. The van der Waals surface area contributed by atoms with Crippen LogP contribution < -0.4 is 0 Å². The minimum Gasteiger partial charge on any atom is -0.444 e. The second-order valence-corrected chi connectivity index (χ2v) is 7.05. The van der Waals surface area contributed by atoms with E-state index in [1.54, 1.807) is 4.90 Å². The fraction of sp³-hybridized carbons (Fsp3) is 0.933. The zero-order chi connectivity index (χ0) is 14.1. The first-order chi connectivity index (χ1) is 8.80. The van der Waals surface area contributed by atoms with Gasteiger partial charge in [0.2, 0.25) is 0 Å². The molecule has 1 aliphatic heterocycles. The third kappa shape index (κ3) is 3.62. The van der Waals surface area contributed by atoms with E-state index >= 15 is 0 Å². The molecule has 4 nitrogen and oxygen atoms in total. The Kier molecular flexibility index (Phi) is 4.09. The van der Waals surface area contributed by atoms with Crippen molar-refractivity contribution in [2.24, 2.45) is 5.92 Å². The molecule has 1 N–H and O–H groups in total. The highest BCUT2D eigenvalue weighted by molar-refractivity contribution is 5.68. The molecule has 0 unspecified atom stereocenters. The van der Waals surface area contributed by atoms with Gasteiger partial charge in [0.05, 0.1) is 5.60 Å². The van der Waals surface area contributed by atoms with Gasteiger partial charge in [-0.1, -0.05) is 12.8 Å². The highest BCUT2D eigenvalue weighted by atomic mass is 16.6. The second-order valence-electron chi connectivity index (χ2n) is 7.05. The molecule has 1 saturated carbocycles. The van der Waals surface area contributed by atoms with Gasteiger partial charge >= 0.3 is 6.09 Å². The molecule has 0 atom stereocenters. The van der Waals surface area contributed by atoms with Gasteiger partial charge in [-0.05, 0) is 52.4 Å². The van der Waals surface area contributed by atoms with Crippen LogP contribution in [0.5, 0.6) is 0 Å². The Hall–Kier alpha value is -0.770. The lowest BCUT2D eigenvalue weighted by molar-refractivity contribution is -0.0674. The average molecular weight is 269 g/mol. The highest BCUT2D eigenvalue weighted by Gasteiger charge is 2.42. The van der Waals surface area contributed by atoms with Crippen LogP contribution in [0.1, 0.15) is 59.3 Å². The van der Waals surface area contributed by atoms with E-state index < -0.39 is 11.2 Å². The van der Waals surface area contributed by atoms with E-state index in [0.717, 1.165) is 12.8 Å². The number of rotatable bonds is 1. The Labute approximate surface area is 116 Å². The van der Waals surface area contributed by atoms with E-state index in [0.29, 0.717) is 31.8 Å². The Morgan fingerprint density at radius 1 is 1.21 bits per heavy atom. The van der Waals surface area contributed by atoms with Gasteiger partial charge in [0, 0.05) is 13.1 Å². The van der Waals surface area contributed by atoms with Gasteiger partial charge < -0.3 is 14.7 Å². The summed E-state index contributed by atoms with van der Waals surface area (Å²) in [5, 5.41) is 10.7. The van der Waals surface area contributed by atoms with Crippen LogP contribution in [-0.2, 0) is 4.74 Å². The van der Waals surface area contributed by atoms with Gasteiger partial charge in [-0.25, -0.2) is 4.79 Å². The topological polar surface area (TPSA) is 49.8 Å². The number of aliphatic hydroxyl groups is 1. The number of ether oxygens (including phenoxy) is 1. The van der Waals surface area contributed by atoms with Gasteiger partial charge in [0.15, 0.2) is 0 Å². The lowest BCUT2D eigenvalue weighted by atomic mass is 9.78. The Balaban J connectivity index is 1.86. The van der Waals surface area contributed by atoms with Crippen LogP contribution in [-0.4, -0.2) is 40.4 Å². The van der Waals surface area contributed by atoms with E-state index in [1.165, 1.54) is 12.8 Å². The molecule has 110 valence electrons. The van der Waals surface area contributed by atoms with Crippen molar-refractivity contribution in [2.45, 2.75) is 70.5 Å². The first-order valence-corrected chi connectivity index (χ1v) is 7.50. The molecule has 0 aromatic heterocycles. The fourth-order valence-electron chi connectivity index (χ4n) is 3.27. The van der Waals surface area contributed by atoms with Gasteiger partial charge in [-0.2, -0.15) is 0 Å². The molecule has 1 saturated heterocycles. The largest absolute Gasteiger partial charge is 0.444 e. The Morgan fingerprint density at radius 2 is 1.74 bits per heavy atom. The summed E-state index contributed by atoms with van der Waals surface area (Å²) in [6.07, 6.45) is 5.89. The van der Waals surface area contributed by atoms with Gasteiger partial charge in [0.25, 0.3) is 0 Å². The molecule has 0 spiro atoms. The molecule has 1 aliphatic carbocycles. The number of nitrogens with zero attached hydrogens (tertiary/aromatic N) is 1. The average Bonchev–Trinajstić information content (AvgIpc) is 2.81. The lowest BCUT2D eigenvalue weighted by Crippen LogP contribution is -2.50. The molecule has 2 rings (SSSR count). The van der Waals surface area contributed by atoms with Crippen LogP contribution in [0.15, 0.2) is 0 Å². The summed E-state index contributed by atoms with van der Waals surface area (Å²) in [5.74, 6) is 0.438. The second kappa shape index (κ2) is 5.31. The summed E-state index contributed by atoms with van der Waals surface area (Å²) < 4.78 is 5.38. The molecule has 4 heteroatoms. The summed E-state index contributed by atoms with van der Waals surface area (Å²) in [7, 11) is 0. The third-order valence-electron chi connectivity index (χ3n) is 4.40. The van der Waals surface area contributed by atoms with Crippen molar-refractivity contribution in [3.8, 4) is 0 Å². The first kappa shape index (κ1) is 14.6. The van der Waals surface area contributed by atoms with Crippen LogP contribution in [0.2, 0.25) is 0 Å². The van der Waals surface area contributed by atoms with E-state index in [1.807, 2.05) is 20.8 Å². The zero-order valence-electron chi connectivity index (χ0n) is 12.4. The molecule has 1 heterocycles. The van der Waals surface area contributed by atoms with Crippen LogP contribution >= 0.6 is 0 Å². The number of hydrogen-bond donors (Lipinski definition) is 1. The first-order valence-electron chi connectivity index (χ1n) is 7.50. The van der Waals surface area contributed by atoms with E-state index in [9.17, 15) is 9.90 Å². The van der Waals surface area contributed by atoms with Crippen molar-refractivity contribution < 1.29 is 14.6 Å². The molecule has 1 amide bonds. The summed E-state index contributed by atoms with van der Waals surface area (Å²) in [4.78, 5) is 13.7. The number of carbonyl (C=O) groups excluding carboxylic acids is 1. The number of carbonyl (C=O) groups is 1. The van der Waals surface area contributed by atoms with Gasteiger partial charge in [-0.15, -0.1) is 0 Å². The molecule has 0 aromatic rings. The summed E-state index contributed by atoms with van der Waals surface area (Å²) in [5.41, 5.74) is -0.995. The van der Waals surface area contributed by atoms with Crippen LogP contribution in [0.3, 0.4) is 0 Å². The fourth-order valence-corrected chi connectivity index (χ4v) is 3.27.